The van der Waals surface area contributed by atoms with E-state index in [4.69, 9.17) is 0 Å². The van der Waals surface area contributed by atoms with Crippen molar-refractivity contribution in [1.82, 2.24) is 30.0 Å². The fraction of sp³-hybridized carbons (Fsp3) is 0.167. The van der Waals surface area contributed by atoms with E-state index in [1.54, 1.807) is 0 Å². The first-order chi connectivity index (χ1) is 15.2. The first-order valence-electron chi connectivity index (χ1n) is 10.2. The number of aliphatic hydroxyl groups is 1. The topological polar surface area (TPSA) is 92.0 Å². The first kappa shape index (κ1) is 19.1. The molecule has 1 unspecified atom stereocenters. The maximum absolute atomic E-state index is 11.1. The van der Waals surface area contributed by atoms with Gasteiger partial charge in [0.1, 0.15) is 11.8 Å². The molecule has 0 bridgehead atoms. The van der Waals surface area contributed by atoms with Crippen molar-refractivity contribution in [2.24, 2.45) is 0 Å². The summed E-state index contributed by atoms with van der Waals surface area (Å²) in [5, 5.41) is 25.4. The fourth-order valence-electron chi connectivity index (χ4n) is 3.89. The minimum Gasteiger partial charge on any atom is -0.382 e. The van der Waals surface area contributed by atoms with Crippen LogP contribution >= 0.6 is 0 Å². The number of hydrogen-bond donors (Lipinski definition) is 2. The zero-order chi connectivity index (χ0) is 21.4. The molecule has 2 aromatic carbocycles. The normalized spacial score (nSPS) is 12.4. The number of fused-ring (bicyclic) bond motifs is 1. The molecule has 0 radical (unpaired) electrons. The van der Waals surface area contributed by atoms with Crippen LogP contribution in [-0.4, -0.2) is 35.1 Å². The molecule has 5 aromatic rings. The van der Waals surface area contributed by atoms with Crippen molar-refractivity contribution in [3.05, 3.63) is 89.4 Å². The Morgan fingerprint density at radius 3 is 2.48 bits per heavy atom. The maximum Gasteiger partial charge on any atom is 0.180 e. The minimum absolute atomic E-state index is 0.619. The highest BCUT2D eigenvalue weighted by atomic mass is 16.3. The van der Waals surface area contributed by atoms with Gasteiger partial charge in [0.2, 0.25) is 0 Å². The summed E-state index contributed by atoms with van der Waals surface area (Å²) < 4.78 is 2.00. The molecular formula is C24H22N6O. The summed E-state index contributed by atoms with van der Waals surface area (Å²) in [6, 6.07) is 19.9. The number of aliphatic hydroxyl groups excluding tert-OH is 1. The van der Waals surface area contributed by atoms with Gasteiger partial charge in [0.05, 0.1) is 11.4 Å². The monoisotopic (exact) mass is 410 g/mol. The van der Waals surface area contributed by atoms with Gasteiger partial charge in [-0.15, -0.1) is 5.10 Å². The third-order valence-corrected chi connectivity index (χ3v) is 5.60. The standard InChI is InChI=1S/C24H22N6O/c1-3-18-14-30-21(13-8-15(2)24(30)25-18)22(31)17-11-9-16(10-12-17)19-6-4-5-7-20(19)23-26-28-29-27-23/h4-14,22,31H,3H2,1-2H3,(H,26,27,28,29). The van der Waals surface area contributed by atoms with Gasteiger partial charge >= 0.3 is 0 Å². The van der Waals surface area contributed by atoms with Crippen LogP contribution in [0, 0.1) is 6.92 Å². The van der Waals surface area contributed by atoms with Crippen molar-refractivity contribution < 1.29 is 5.11 Å². The average Bonchev–Trinajstić information content (AvgIpc) is 3.50. The number of imidazole rings is 1. The van der Waals surface area contributed by atoms with Gasteiger partial charge in [-0.2, -0.15) is 0 Å². The van der Waals surface area contributed by atoms with Crippen LogP contribution in [0.25, 0.3) is 28.2 Å². The van der Waals surface area contributed by atoms with E-state index < -0.39 is 6.10 Å². The molecule has 31 heavy (non-hydrogen) atoms. The number of nitrogens with zero attached hydrogens (tertiary/aromatic N) is 5. The molecule has 3 aromatic heterocycles. The number of aromatic amines is 1. The average molecular weight is 410 g/mol. The molecule has 154 valence electrons. The zero-order valence-electron chi connectivity index (χ0n) is 17.3. The van der Waals surface area contributed by atoms with Crippen LogP contribution in [-0.2, 0) is 6.42 Å². The van der Waals surface area contributed by atoms with Crippen LogP contribution in [0.4, 0.5) is 0 Å². The van der Waals surface area contributed by atoms with Gasteiger partial charge in [0.25, 0.3) is 0 Å². The lowest BCUT2D eigenvalue weighted by Crippen LogP contribution is -2.06. The molecule has 0 aliphatic rings. The van der Waals surface area contributed by atoms with Gasteiger partial charge in [-0.1, -0.05) is 61.5 Å². The van der Waals surface area contributed by atoms with Gasteiger partial charge in [-0.3, -0.25) is 0 Å². The lowest BCUT2D eigenvalue weighted by atomic mass is 9.96. The maximum atomic E-state index is 11.1. The zero-order valence-corrected chi connectivity index (χ0v) is 17.3. The van der Waals surface area contributed by atoms with Crippen LogP contribution < -0.4 is 0 Å². The Bertz CT molecular complexity index is 1340. The molecule has 0 aliphatic carbocycles. The lowest BCUT2D eigenvalue weighted by Gasteiger charge is -2.15. The van der Waals surface area contributed by atoms with E-state index in [1.807, 2.05) is 78.2 Å². The van der Waals surface area contributed by atoms with Crippen LogP contribution in [0.1, 0.15) is 35.5 Å². The lowest BCUT2D eigenvalue weighted by molar-refractivity contribution is 0.214. The highest BCUT2D eigenvalue weighted by Gasteiger charge is 2.17. The smallest absolute Gasteiger partial charge is 0.180 e. The molecule has 0 fully saturated rings. The Morgan fingerprint density at radius 2 is 1.77 bits per heavy atom. The largest absolute Gasteiger partial charge is 0.382 e. The fourth-order valence-corrected chi connectivity index (χ4v) is 3.89. The Kier molecular flexibility index (Phi) is 4.80. The molecule has 1 atom stereocenters. The summed E-state index contributed by atoms with van der Waals surface area (Å²) in [5.74, 6) is 0.619. The molecular weight excluding hydrogens is 388 g/mol. The van der Waals surface area contributed by atoms with E-state index in [0.717, 1.165) is 51.3 Å². The van der Waals surface area contributed by atoms with E-state index in [2.05, 4.69) is 32.5 Å². The van der Waals surface area contributed by atoms with Gasteiger partial charge in [0.15, 0.2) is 5.82 Å². The molecule has 0 amide bonds. The Morgan fingerprint density at radius 1 is 1.00 bits per heavy atom. The van der Waals surface area contributed by atoms with Crippen molar-refractivity contribution in [3.63, 3.8) is 0 Å². The molecule has 7 nitrogen and oxygen atoms in total. The summed E-state index contributed by atoms with van der Waals surface area (Å²) in [7, 11) is 0. The summed E-state index contributed by atoms with van der Waals surface area (Å²) in [6.45, 7) is 4.12. The molecule has 0 aliphatic heterocycles. The number of aromatic nitrogens is 6. The van der Waals surface area contributed by atoms with Crippen molar-refractivity contribution in [2.45, 2.75) is 26.4 Å². The SMILES string of the molecule is CCc1cn2c(C(O)c3ccc(-c4ccccc4-c4nnn[nH]4)cc3)ccc(C)c2n1. The third kappa shape index (κ3) is 3.39. The Balaban J connectivity index is 1.51. The second-order valence-electron chi connectivity index (χ2n) is 7.54. The molecule has 0 spiro atoms. The predicted octanol–water partition coefficient (Wildman–Crippen LogP) is 4.13. The second kappa shape index (κ2) is 7.77. The number of hydrogen-bond acceptors (Lipinski definition) is 5. The van der Waals surface area contributed by atoms with Crippen LogP contribution in [0.3, 0.4) is 0 Å². The Hall–Kier alpha value is -3.84. The third-order valence-electron chi connectivity index (χ3n) is 5.60. The van der Waals surface area contributed by atoms with Gasteiger partial charge in [0, 0.05) is 11.8 Å². The van der Waals surface area contributed by atoms with E-state index >= 15 is 0 Å². The Labute approximate surface area is 179 Å². The van der Waals surface area contributed by atoms with E-state index in [9.17, 15) is 5.11 Å². The van der Waals surface area contributed by atoms with Crippen molar-refractivity contribution in [1.29, 1.82) is 0 Å². The summed E-state index contributed by atoms with van der Waals surface area (Å²) in [5.41, 5.74) is 7.57. The number of H-pyrrole nitrogens is 1. The van der Waals surface area contributed by atoms with Crippen LogP contribution in [0.2, 0.25) is 0 Å². The number of tetrazole rings is 1. The summed E-state index contributed by atoms with van der Waals surface area (Å²) in [6.07, 6.45) is 2.10. The van der Waals surface area contributed by atoms with E-state index in [0.29, 0.717) is 5.82 Å². The van der Waals surface area contributed by atoms with Crippen molar-refractivity contribution >= 4 is 5.65 Å². The number of rotatable bonds is 5. The molecule has 7 heteroatoms. The van der Waals surface area contributed by atoms with Crippen molar-refractivity contribution in [3.8, 4) is 22.5 Å². The number of aryl methyl sites for hydroxylation is 2. The molecule has 2 N–H and O–H groups in total. The van der Waals surface area contributed by atoms with Crippen molar-refractivity contribution in [2.75, 3.05) is 0 Å². The van der Waals surface area contributed by atoms with E-state index in [-0.39, 0.29) is 0 Å². The molecule has 0 saturated heterocycles. The number of pyridine rings is 1. The highest BCUT2D eigenvalue weighted by molar-refractivity contribution is 5.80. The molecule has 3 heterocycles. The second-order valence-corrected chi connectivity index (χ2v) is 7.54. The van der Waals surface area contributed by atoms with Crippen LogP contribution in [0.5, 0.6) is 0 Å². The van der Waals surface area contributed by atoms with Gasteiger partial charge in [-0.25, -0.2) is 10.1 Å². The van der Waals surface area contributed by atoms with Crippen LogP contribution in [0.15, 0.2) is 66.9 Å². The predicted molar refractivity (Wildman–Crippen MR) is 118 cm³/mol. The molecule has 5 rings (SSSR count). The summed E-state index contributed by atoms with van der Waals surface area (Å²) >= 11 is 0. The summed E-state index contributed by atoms with van der Waals surface area (Å²) in [4.78, 5) is 4.69. The van der Waals surface area contributed by atoms with Gasteiger partial charge in [-0.05, 0) is 52.1 Å². The van der Waals surface area contributed by atoms with Gasteiger partial charge < -0.3 is 9.51 Å². The number of nitrogens with one attached hydrogen (secondary N) is 1. The van der Waals surface area contributed by atoms with E-state index in [1.165, 1.54) is 0 Å². The quantitative estimate of drug-likeness (QED) is 0.454. The molecule has 0 saturated carbocycles. The highest BCUT2D eigenvalue weighted by Crippen LogP contribution is 2.31. The first-order valence-corrected chi connectivity index (χ1v) is 10.2. The number of benzene rings is 2. The minimum atomic E-state index is -0.759.